The molecule has 6 heteroatoms. The number of hydrogen-bond donors (Lipinski definition) is 1. The van der Waals surface area contributed by atoms with Crippen LogP contribution in [0.25, 0.3) is 0 Å². The van der Waals surface area contributed by atoms with E-state index in [9.17, 15) is 9.18 Å². The molecule has 0 aliphatic carbocycles. The fraction of sp³-hybridized carbons (Fsp3) is 0.200. The highest BCUT2D eigenvalue weighted by atomic mass is 35.5. The quantitative estimate of drug-likeness (QED) is 0.943. The Hall–Kier alpha value is -2.14. The van der Waals surface area contributed by atoms with Crippen LogP contribution < -0.4 is 5.32 Å². The van der Waals surface area contributed by atoms with Crippen LogP contribution in [-0.4, -0.2) is 29.9 Å². The SMILES string of the molecule is CN(C)C(=O)c1ccc(NCc2ccc(F)c(Cl)c2)nc1. The molecule has 0 unspecified atom stereocenters. The van der Waals surface area contributed by atoms with E-state index in [-0.39, 0.29) is 10.9 Å². The van der Waals surface area contributed by atoms with Gasteiger partial charge in [-0.05, 0) is 29.8 Å². The summed E-state index contributed by atoms with van der Waals surface area (Å²) in [7, 11) is 3.37. The first-order chi connectivity index (χ1) is 9.97. The molecule has 0 aliphatic rings. The molecule has 0 radical (unpaired) electrons. The Morgan fingerprint density at radius 2 is 2.10 bits per heavy atom. The smallest absolute Gasteiger partial charge is 0.254 e. The number of halogens is 2. The molecule has 1 heterocycles. The summed E-state index contributed by atoms with van der Waals surface area (Å²) in [6.45, 7) is 0.466. The van der Waals surface area contributed by atoms with Gasteiger partial charge in [-0.15, -0.1) is 0 Å². The fourth-order valence-electron chi connectivity index (χ4n) is 1.73. The minimum absolute atomic E-state index is 0.0918. The molecule has 0 atom stereocenters. The average Bonchev–Trinajstić information content (AvgIpc) is 2.48. The zero-order valence-corrected chi connectivity index (χ0v) is 12.5. The molecule has 0 fully saturated rings. The molecule has 1 aromatic heterocycles. The zero-order chi connectivity index (χ0) is 15.4. The summed E-state index contributed by atoms with van der Waals surface area (Å²) < 4.78 is 13.0. The number of nitrogens with zero attached hydrogens (tertiary/aromatic N) is 2. The predicted molar refractivity (Wildman–Crippen MR) is 81.0 cm³/mol. The maximum absolute atomic E-state index is 13.0. The van der Waals surface area contributed by atoms with Gasteiger partial charge in [0, 0.05) is 26.8 Å². The molecular weight excluding hydrogens is 293 g/mol. The van der Waals surface area contributed by atoms with Gasteiger partial charge < -0.3 is 10.2 Å². The average molecular weight is 308 g/mol. The number of hydrogen-bond acceptors (Lipinski definition) is 3. The number of amides is 1. The molecular formula is C15H15ClFN3O. The number of carbonyl (C=O) groups excluding carboxylic acids is 1. The monoisotopic (exact) mass is 307 g/mol. The van der Waals surface area contributed by atoms with E-state index < -0.39 is 5.82 Å². The van der Waals surface area contributed by atoms with Crippen molar-refractivity contribution in [2.75, 3.05) is 19.4 Å². The summed E-state index contributed by atoms with van der Waals surface area (Å²) in [5.41, 5.74) is 1.37. The van der Waals surface area contributed by atoms with Crippen molar-refractivity contribution < 1.29 is 9.18 Å². The van der Waals surface area contributed by atoms with Crippen LogP contribution in [0.1, 0.15) is 15.9 Å². The highest BCUT2D eigenvalue weighted by Crippen LogP contribution is 2.17. The van der Waals surface area contributed by atoms with Gasteiger partial charge in [0.1, 0.15) is 11.6 Å². The minimum atomic E-state index is -0.440. The van der Waals surface area contributed by atoms with Crippen molar-refractivity contribution in [3.63, 3.8) is 0 Å². The van der Waals surface area contributed by atoms with E-state index >= 15 is 0 Å². The van der Waals surface area contributed by atoms with E-state index in [0.717, 1.165) is 5.56 Å². The fourth-order valence-corrected chi connectivity index (χ4v) is 1.93. The molecule has 21 heavy (non-hydrogen) atoms. The van der Waals surface area contributed by atoms with Crippen LogP contribution in [-0.2, 0) is 6.54 Å². The standard InChI is InChI=1S/C15H15ClFN3O/c1-20(2)15(21)11-4-6-14(19-9-11)18-8-10-3-5-13(17)12(16)7-10/h3-7,9H,8H2,1-2H3,(H,18,19). The molecule has 1 amide bonds. The molecule has 2 aromatic rings. The Kier molecular flexibility index (Phi) is 4.75. The molecule has 110 valence electrons. The Bertz CT molecular complexity index is 644. The van der Waals surface area contributed by atoms with Crippen molar-refractivity contribution >= 4 is 23.3 Å². The highest BCUT2D eigenvalue weighted by Gasteiger charge is 2.08. The molecule has 1 N–H and O–H groups in total. The molecule has 1 aromatic carbocycles. The third-order valence-corrected chi connectivity index (χ3v) is 3.16. The van der Waals surface area contributed by atoms with Gasteiger partial charge in [-0.3, -0.25) is 4.79 Å². The van der Waals surface area contributed by atoms with Crippen molar-refractivity contribution in [3.05, 3.63) is 58.5 Å². The predicted octanol–water partition coefficient (Wildman–Crippen LogP) is 3.19. The highest BCUT2D eigenvalue weighted by molar-refractivity contribution is 6.30. The summed E-state index contributed by atoms with van der Waals surface area (Å²) in [4.78, 5) is 17.4. The first-order valence-corrected chi connectivity index (χ1v) is 6.70. The van der Waals surface area contributed by atoms with E-state index in [2.05, 4.69) is 10.3 Å². The molecule has 0 bridgehead atoms. The molecule has 0 saturated heterocycles. The Labute approximate surface area is 127 Å². The summed E-state index contributed by atoms with van der Waals surface area (Å²) >= 11 is 5.72. The second kappa shape index (κ2) is 6.54. The molecule has 0 saturated carbocycles. The van der Waals surface area contributed by atoms with Gasteiger partial charge in [0.2, 0.25) is 0 Å². The van der Waals surface area contributed by atoms with Crippen LogP contribution in [0, 0.1) is 5.82 Å². The largest absolute Gasteiger partial charge is 0.366 e. The van der Waals surface area contributed by atoms with E-state index in [1.165, 1.54) is 17.2 Å². The van der Waals surface area contributed by atoms with Crippen LogP contribution in [0.5, 0.6) is 0 Å². The second-order valence-electron chi connectivity index (χ2n) is 4.73. The summed E-state index contributed by atoms with van der Waals surface area (Å²) in [5.74, 6) is 0.0928. The van der Waals surface area contributed by atoms with Gasteiger partial charge in [0.25, 0.3) is 5.91 Å². The third kappa shape index (κ3) is 3.92. The maximum atomic E-state index is 13.0. The van der Waals surface area contributed by atoms with Gasteiger partial charge >= 0.3 is 0 Å². The van der Waals surface area contributed by atoms with Gasteiger partial charge in [0.15, 0.2) is 0 Å². The Morgan fingerprint density at radius 1 is 1.33 bits per heavy atom. The zero-order valence-electron chi connectivity index (χ0n) is 11.7. The van der Waals surface area contributed by atoms with Gasteiger partial charge in [0.05, 0.1) is 10.6 Å². The molecule has 0 spiro atoms. The number of pyridine rings is 1. The summed E-state index contributed by atoms with van der Waals surface area (Å²) in [6.07, 6.45) is 1.52. The first kappa shape index (κ1) is 15.3. The Balaban J connectivity index is 2.00. The van der Waals surface area contributed by atoms with Gasteiger partial charge in [-0.2, -0.15) is 0 Å². The number of benzene rings is 1. The number of rotatable bonds is 4. The molecule has 0 aliphatic heterocycles. The lowest BCUT2D eigenvalue weighted by atomic mass is 10.2. The van der Waals surface area contributed by atoms with Crippen molar-refractivity contribution in [1.29, 1.82) is 0 Å². The number of anilines is 1. The van der Waals surface area contributed by atoms with Crippen LogP contribution in [0.15, 0.2) is 36.5 Å². The van der Waals surface area contributed by atoms with Crippen molar-refractivity contribution in [1.82, 2.24) is 9.88 Å². The third-order valence-electron chi connectivity index (χ3n) is 2.87. The lowest BCUT2D eigenvalue weighted by Gasteiger charge is -2.11. The van der Waals surface area contributed by atoms with E-state index in [1.54, 1.807) is 38.4 Å². The van der Waals surface area contributed by atoms with Gasteiger partial charge in [-0.1, -0.05) is 17.7 Å². The van der Waals surface area contributed by atoms with Crippen LogP contribution in [0.4, 0.5) is 10.2 Å². The minimum Gasteiger partial charge on any atom is -0.366 e. The lowest BCUT2D eigenvalue weighted by Crippen LogP contribution is -2.21. The van der Waals surface area contributed by atoms with Crippen molar-refractivity contribution in [2.45, 2.75) is 6.54 Å². The second-order valence-corrected chi connectivity index (χ2v) is 5.14. The number of nitrogens with one attached hydrogen (secondary N) is 1. The normalized spacial score (nSPS) is 10.3. The van der Waals surface area contributed by atoms with Crippen LogP contribution >= 0.6 is 11.6 Å². The molecule has 2 rings (SSSR count). The topological polar surface area (TPSA) is 45.2 Å². The number of aromatic nitrogens is 1. The van der Waals surface area contributed by atoms with Crippen LogP contribution in [0.3, 0.4) is 0 Å². The summed E-state index contributed by atoms with van der Waals surface area (Å²) in [5, 5.41) is 3.18. The van der Waals surface area contributed by atoms with Gasteiger partial charge in [-0.25, -0.2) is 9.37 Å². The van der Waals surface area contributed by atoms with E-state index in [4.69, 9.17) is 11.6 Å². The first-order valence-electron chi connectivity index (χ1n) is 6.33. The summed E-state index contributed by atoms with van der Waals surface area (Å²) in [6, 6.07) is 7.97. The lowest BCUT2D eigenvalue weighted by molar-refractivity contribution is 0.0827. The number of carbonyl (C=O) groups is 1. The van der Waals surface area contributed by atoms with Crippen LogP contribution in [0.2, 0.25) is 5.02 Å². The van der Waals surface area contributed by atoms with E-state index in [1.807, 2.05) is 0 Å². The van der Waals surface area contributed by atoms with Crippen molar-refractivity contribution in [3.8, 4) is 0 Å². The van der Waals surface area contributed by atoms with Crippen molar-refractivity contribution in [2.24, 2.45) is 0 Å². The molecule has 4 nitrogen and oxygen atoms in total. The maximum Gasteiger partial charge on any atom is 0.254 e. The Morgan fingerprint density at radius 3 is 2.67 bits per heavy atom. The van der Waals surface area contributed by atoms with E-state index in [0.29, 0.717) is 17.9 Å².